The van der Waals surface area contributed by atoms with Gasteiger partial charge in [0.25, 0.3) is 0 Å². The normalized spacial score (nSPS) is 11.8. The summed E-state index contributed by atoms with van der Waals surface area (Å²) in [6.07, 6.45) is 0.547. The molecule has 0 saturated carbocycles. The number of rotatable bonds is 9. The van der Waals surface area contributed by atoms with E-state index in [1.165, 1.54) is 6.07 Å². The van der Waals surface area contributed by atoms with Crippen LogP contribution in [0.2, 0.25) is 0 Å². The van der Waals surface area contributed by atoms with E-state index in [1.807, 2.05) is 13.8 Å². The van der Waals surface area contributed by atoms with Crippen LogP contribution in [0.5, 0.6) is 11.5 Å². The van der Waals surface area contributed by atoms with E-state index in [4.69, 9.17) is 10.5 Å². The zero-order valence-corrected chi connectivity index (χ0v) is 14.9. The van der Waals surface area contributed by atoms with E-state index in [1.54, 1.807) is 19.1 Å². The van der Waals surface area contributed by atoms with Crippen molar-refractivity contribution in [3.05, 3.63) is 23.8 Å². The van der Waals surface area contributed by atoms with Crippen LogP contribution in [0.4, 0.5) is 8.78 Å². The molecule has 0 heterocycles. The van der Waals surface area contributed by atoms with Crippen molar-refractivity contribution in [2.24, 2.45) is 11.7 Å². The Hall–Kier alpha value is -1.60. The summed E-state index contributed by atoms with van der Waals surface area (Å²) in [7, 11) is 0. The molecule has 0 bridgehead atoms. The summed E-state index contributed by atoms with van der Waals surface area (Å²) in [5, 5.41) is 2.64. The maximum absolute atomic E-state index is 12.6. The van der Waals surface area contributed by atoms with Crippen molar-refractivity contribution in [2.75, 3.05) is 6.61 Å². The summed E-state index contributed by atoms with van der Waals surface area (Å²) in [5.74, 6) is 0.103. The number of amides is 1. The van der Waals surface area contributed by atoms with Gasteiger partial charge in [0.1, 0.15) is 0 Å². The summed E-state index contributed by atoms with van der Waals surface area (Å²) >= 11 is 0. The van der Waals surface area contributed by atoms with Crippen LogP contribution < -0.4 is 20.5 Å². The van der Waals surface area contributed by atoms with Gasteiger partial charge in [0.05, 0.1) is 12.6 Å². The van der Waals surface area contributed by atoms with Gasteiger partial charge in [-0.1, -0.05) is 26.0 Å². The fourth-order valence-corrected chi connectivity index (χ4v) is 2.12. The highest BCUT2D eigenvalue weighted by molar-refractivity contribution is 5.85. The van der Waals surface area contributed by atoms with Crippen LogP contribution in [-0.4, -0.2) is 25.2 Å². The first-order valence-corrected chi connectivity index (χ1v) is 7.57. The van der Waals surface area contributed by atoms with Crippen LogP contribution >= 0.6 is 12.4 Å². The molecule has 24 heavy (non-hydrogen) atoms. The van der Waals surface area contributed by atoms with Gasteiger partial charge >= 0.3 is 6.61 Å². The highest BCUT2D eigenvalue weighted by Gasteiger charge is 2.18. The minimum atomic E-state index is -2.98. The van der Waals surface area contributed by atoms with E-state index in [0.29, 0.717) is 18.6 Å². The highest BCUT2D eigenvalue weighted by atomic mass is 35.5. The molecule has 1 aromatic carbocycles. The minimum absolute atomic E-state index is 0. The molecule has 138 valence electrons. The number of carbonyl (C=O) groups excluding carboxylic acids is 1. The predicted octanol–water partition coefficient (Wildman–Crippen LogP) is 3.10. The molecular formula is C16H25ClF2N2O3. The molecule has 0 saturated heterocycles. The lowest BCUT2D eigenvalue weighted by atomic mass is 10.0. The van der Waals surface area contributed by atoms with Crippen molar-refractivity contribution in [1.82, 2.24) is 5.32 Å². The molecule has 0 spiro atoms. The van der Waals surface area contributed by atoms with Crippen molar-refractivity contribution in [3.8, 4) is 11.5 Å². The average Bonchev–Trinajstić information content (AvgIpc) is 2.46. The number of para-hydroxylation sites is 1. The Morgan fingerprint density at radius 3 is 2.54 bits per heavy atom. The molecule has 8 heteroatoms. The van der Waals surface area contributed by atoms with Gasteiger partial charge in [-0.2, -0.15) is 8.78 Å². The Kier molecular flexibility index (Phi) is 10.3. The molecule has 5 nitrogen and oxygen atoms in total. The molecule has 0 unspecified atom stereocenters. The van der Waals surface area contributed by atoms with Crippen LogP contribution in [-0.2, 0) is 11.3 Å². The van der Waals surface area contributed by atoms with E-state index >= 15 is 0 Å². The quantitative estimate of drug-likeness (QED) is 0.704. The van der Waals surface area contributed by atoms with Crippen LogP contribution in [0.15, 0.2) is 18.2 Å². The Labute approximate surface area is 147 Å². The number of carbonyl (C=O) groups is 1. The Balaban J connectivity index is 0.00000529. The van der Waals surface area contributed by atoms with Crippen molar-refractivity contribution in [3.63, 3.8) is 0 Å². The SMILES string of the molecule is CCOc1cccc(CNC(=O)[C@@H](N)CC(C)C)c1OC(F)F.Cl. The average molecular weight is 367 g/mol. The molecule has 3 N–H and O–H groups in total. The van der Waals surface area contributed by atoms with E-state index in [9.17, 15) is 13.6 Å². The first-order valence-electron chi connectivity index (χ1n) is 7.57. The van der Waals surface area contributed by atoms with E-state index in [0.717, 1.165) is 0 Å². The van der Waals surface area contributed by atoms with Gasteiger partial charge in [-0.3, -0.25) is 4.79 Å². The number of alkyl halides is 2. The highest BCUT2D eigenvalue weighted by Crippen LogP contribution is 2.32. The fourth-order valence-electron chi connectivity index (χ4n) is 2.12. The third kappa shape index (κ3) is 7.31. The topological polar surface area (TPSA) is 73.6 Å². The molecule has 0 aliphatic rings. The molecule has 0 aromatic heterocycles. The molecule has 0 aliphatic heterocycles. The lowest BCUT2D eigenvalue weighted by molar-refractivity contribution is -0.122. The third-order valence-corrected chi connectivity index (χ3v) is 3.08. The molecule has 0 fully saturated rings. The van der Waals surface area contributed by atoms with Crippen LogP contribution in [0.3, 0.4) is 0 Å². The second kappa shape index (κ2) is 11.0. The summed E-state index contributed by atoms with van der Waals surface area (Å²) < 4.78 is 35.0. The van der Waals surface area contributed by atoms with Crippen molar-refractivity contribution < 1.29 is 23.0 Å². The zero-order valence-electron chi connectivity index (χ0n) is 14.1. The van der Waals surface area contributed by atoms with Crippen LogP contribution in [0, 0.1) is 5.92 Å². The van der Waals surface area contributed by atoms with Gasteiger partial charge in [-0.05, 0) is 25.3 Å². The van der Waals surface area contributed by atoms with Crippen LogP contribution in [0.25, 0.3) is 0 Å². The molecule has 1 atom stereocenters. The second-order valence-electron chi connectivity index (χ2n) is 5.51. The van der Waals surface area contributed by atoms with Crippen molar-refractivity contribution in [2.45, 2.75) is 46.4 Å². The summed E-state index contributed by atoms with van der Waals surface area (Å²) in [4.78, 5) is 11.9. The second-order valence-corrected chi connectivity index (χ2v) is 5.51. The first kappa shape index (κ1) is 22.4. The predicted molar refractivity (Wildman–Crippen MR) is 90.8 cm³/mol. The fraction of sp³-hybridized carbons (Fsp3) is 0.562. The Morgan fingerprint density at radius 1 is 1.33 bits per heavy atom. The van der Waals surface area contributed by atoms with Gasteiger partial charge in [0.2, 0.25) is 5.91 Å². The Morgan fingerprint density at radius 2 is 2.00 bits per heavy atom. The maximum Gasteiger partial charge on any atom is 0.387 e. The lowest BCUT2D eigenvalue weighted by Gasteiger charge is -2.17. The molecule has 0 radical (unpaired) electrons. The number of hydrogen-bond donors (Lipinski definition) is 2. The smallest absolute Gasteiger partial charge is 0.387 e. The minimum Gasteiger partial charge on any atom is -0.490 e. The number of nitrogens with one attached hydrogen (secondary N) is 1. The van der Waals surface area contributed by atoms with E-state index in [2.05, 4.69) is 10.1 Å². The Bertz CT molecular complexity index is 516. The number of halogens is 3. The summed E-state index contributed by atoms with van der Waals surface area (Å²) in [6.45, 7) is 3.04. The molecule has 1 aromatic rings. The molecule has 1 rings (SSSR count). The summed E-state index contributed by atoms with van der Waals surface area (Å²) in [5.41, 5.74) is 6.19. The largest absolute Gasteiger partial charge is 0.490 e. The van der Waals surface area contributed by atoms with Crippen molar-refractivity contribution >= 4 is 18.3 Å². The van der Waals surface area contributed by atoms with E-state index < -0.39 is 12.7 Å². The van der Waals surface area contributed by atoms with Crippen LogP contribution in [0.1, 0.15) is 32.8 Å². The number of nitrogens with two attached hydrogens (primary N) is 1. The van der Waals surface area contributed by atoms with Crippen molar-refractivity contribution in [1.29, 1.82) is 0 Å². The zero-order chi connectivity index (χ0) is 17.4. The van der Waals surface area contributed by atoms with Gasteiger partial charge in [0, 0.05) is 12.1 Å². The van der Waals surface area contributed by atoms with Gasteiger partial charge in [-0.15, -0.1) is 12.4 Å². The molecule has 1 amide bonds. The number of ether oxygens (including phenoxy) is 2. The molecular weight excluding hydrogens is 342 g/mol. The van der Waals surface area contributed by atoms with Gasteiger partial charge in [-0.25, -0.2) is 0 Å². The number of benzene rings is 1. The third-order valence-electron chi connectivity index (χ3n) is 3.08. The lowest BCUT2D eigenvalue weighted by Crippen LogP contribution is -2.41. The summed E-state index contributed by atoms with van der Waals surface area (Å²) in [6, 6.07) is 4.15. The first-order chi connectivity index (χ1) is 10.8. The van der Waals surface area contributed by atoms with E-state index in [-0.39, 0.29) is 42.3 Å². The van der Waals surface area contributed by atoms with Gasteiger partial charge < -0.3 is 20.5 Å². The maximum atomic E-state index is 12.6. The standard InChI is InChI=1S/C16H24F2N2O3.ClH/c1-4-22-13-7-5-6-11(14(13)23-16(17)18)9-20-15(21)12(19)8-10(2)3;/h5-7,10,12,16H,4,8-9,19H2,1-3H3,(H,20,21);1H/t12-;/m0./s1. The number of hydrogen-bond acceptors (Lipinski definition) is 4. The monoisotopic (exact) mass is 366 g/mol. The van der Waals surface area contributed by atoms with Gasteiger partial charge in [0.15, 0.2) is 11.5 Å². The molecule has 0 aliphatic carbocycles.